The Balaban J connectivity index is 1.73. The fourth-order valence-corrected chi connectivity index (χ4v) is 2.70. The van der Waals surface area contributed by atoms with Crippen LogP contribution < -0.4 is 10.6 Å². The Morgan fingerprint density at radius 1 is 1.48 bits per heavy atom. The summed E-state index contributed by atoms with van der Waals surface area (Å²) in [5, 5.41) is 13.3. The van der Waals surface area contributed by atoms with Crippen LogP contribution in [-0.4, -0.2) is 34.5 Å². The summed E-state index contributed by atoms with van der Waals surface area (Å²) < 4.78 is 5.27. The number of amides is 1. The second kappa shape index (κ2) is 6.93. The molecule has 1 aromatic rings. The molecular formula is C15H26N4O2. The van der Waals surface area contributed by atoms with Crippen LogP contribution in [0.4, 0.5) is 4.79 Å². The molecule has 1 aliphatic rings. The van der Waals surface area contributed by atoms with E-state index in [9.17, 15) is 4.79 Å². The lowest BCUT2D eigenvalue weighted by atomic mass is 10.0. The van der Waals surface area contributed by atoms with Gasteiger partial charge in [-0.2, -0.15) is 5.10 Å². The number of hydrogen-bond donors (Lipinski definition) is 3. The summed E-state index contributed by atoms with van der Waals surface area (Å²) in [4.78, 5) is 11.7. The summed E-state index contributed by atoms with van der Waals surface area (Å²) in [6, 6.07) is 2.40. The predicted molar refractivity (Wildman–Crippen MR) is 80.8 cm³/mol. The van der Waals surface area contributed by atoms with E-state index in [0.29, 0.717) is 18.5 Å². The van der Waals surface area contributed by atoms with Crippen LogP contribution in [0.1, 0.15) is 45.7 Å². The highest BCUT2D eigenvalue weighted by molar-refractivity contribution is 5.67. The Kier molecular flexibility index (Phi) is 5.22. The molecule has 1 saturated carbocycles. The standard InChI is InChI=1S/C15H26N4O2/c1-15(2,3)21-14(20)17-9-11-5-4-6-13(11)16-10-12-7-8-18-19-12/h7-8,11,13,16H,4-6,9-10H2,1-3H3,(H,17,20)(H,18,19). The average Bonchev–Trinajstić information content (AvgIpc) is 3.03. The number of H-pyrrole nitrogens is 1. The molecule has 0 radical (unpaired) electrons. The lowest BCUT2D eigenvalue weighted by Gasteiger charge is -2.23. The van der Waals surface area contributed by atoms with Crippen molar-refractivity contribution in [2.45, 2.75) is 58.2 Å². The first-order chi connectivity index (χ1) is 9.94. The molecular weight excluding hydrogens is 268 g/mol. The van der Waals surface area contributed by atoms with E-state index in [1.54, 1.807) is 6.20 Å². The van der Waals surface area contributed by atoms with Crippen LogP contribution in [-0.2, 0) is 11.3 Å². The minimum atomic E-state index is -0.446. The normalized spacial score (nSPS) is 22.2. The zero-order valence-corrected chi connectivity index (χ0v) is 13.1. The number of aromatic nitrogens is 2. The minimum absolute atomic E-state index is 0.332. The molecule has 2 atom stereocenters. The first-order valence-corrected chi connectivity index (χ1v) is 7.62. The number of hydrogen-bond acceptors (Lipinski definition) is 4. The third kappa shape index (κ3) is 5.38. The fourth-order valence-electron chi connectivity index (χ4n) is 2.70. The molecule has 21 heavy (non-hydrogen) atoms. The number of carbonyl (C=O) groups excluding carboxylic acids is 1. The van der Waals surface area contributed by atoms with Crippen molar-refractivity contribution in [3.05, 3.63) is 18.0 Å². The quantitative estimate of drug-likeness (QED) is 0.778. The van der Waals surface area contributed by atoms with Crippen LogP contribution in [0.5, 0.6) is 0 Å². The van der Waals surface area contributed by atoms with Gasteiger partial charge >= 0.3 is 6.09 Å². The van der Waals surface area contributed by atoms with E-state index in [2.05, 4.69) is 20.8 Å². The van der Waals surface area contributed by atoms with Gasteiger partial charge in [0.1, 0.15) is 5.60 Å². The maximum atomic E-state index is 11.7. The van der Waals surface area contributed by atoms with Gasteiger partial charge in [0.25, 0.3) is 0 Å². The van der Waals surface area contributed by atoms with Gasteiger partial charge in [0, 0.05) is 31.0 Å². The highest BCUT2D eigenvalue weighted by Crippen LogP contribution is 2.25. The molecule has 0 saturated heterocycles. The van der Waals surface area contributed by atoms with Crippen molar-refractivity contribution in [1.29, 1.82) is 0 Å². The van der Waals surface area contributed by atoms with E-state index in [0.717, 1.165) is 25.1 Å². The summed E-state index contributed by atoms with van der Waals surface area (Å²) in [7, 11) is 0. The second-order valence-corrected chi connectivity index (χ2v) is 6.64. The number of carbonyl (C=O) groups is 1. The van der Waals surface area contributed by atoms with Crippen LogP contribution in [0.2, 0.25) is 0 Å². The van der Waals surface area contributed by atoms with Gasteiger partial charge in [-0.1, -0.05) is 6.42 Å². The largest absolute Gasteiger partial charge is 0.444 e. The number of nitrogens with one attached hydrogen (secondary N) is 3. The molecule has 0 bridgehead atoms. The highest BCUT2D eigenvalue weighted by Gasteiger charge is 2.27. The Morgan fingerprint density at radius 3 is 2.95 bits per heavy atom. The van der Waals surface area contributed by atoms with Gasteiger partial charge in [-0.25, -0.2) is 4.79 Å². The van der Waals surface area contributed by atoms with Crippen molar-refractivity contribution in [1.82, 2.24) is 20.8 Å². The molecule has 1 aliphatic carbocycles. The lowest BCUT2D eigenvalue weighted by Crippen LogP contribution is -2.40. The molecule has 6 nitrogen and oxygen atoms in total. The summed E-state index contributed by atoms with van der Waals surface area (Å²) in [6.07, 6.45) is 4.90. The van der Waals surface area contributed by atoms with Crippen molar-refractivity contribution in [3.63, 3.8) is 0 Å². The van der Waals surface area contributed by atoms with E-state index in [4.69, 9.17) is 4.74 Å². The maximum absolute atomic E-state index is 11.7. The minimum Gasteiger partial charge on any atom is -0.444 e. The van der Waals surface area contributed by atoms with Crippen molar-refractivity contribution in [2.75, 3.05) is 6.54 Å². The molecule has 6 heteroatoms. The number of aromatic amines is 1. The fraction of sp³-hybridized carbons (Fsp3) is 0.733. The average molecular weight is 294 g/mol. The number of alkyl carbamates (subject to hydrolysis) is 1. The Labute approximate surface area is 126 Å². The van der Waals surface area contributed by atoms with Gasteiger partial charge in [0.15, 0.2) is 0 Å². The van der Waals surface area contributed by atoms with Gasteiger partial charge in [0.2, 0.25) is 0 Å². The molecule has 3 N–H and O–H groups in total. The summed E-state index contributed by atoms with van der Waals surface area (Å²) >= 11 is 0. The summed E-state index contributed by atoms with van der Waals surface area (Å²) in [5.74, 6) is 0.459. The predicted octanol–water partition coefficient (Wildman–Crippen LogP) is 2.19. The topological polar surface area (TPSA) is 79.0 Å². The molecule has 118 valence electrons. The Hall–Kier alpha value is -1.56. The molecule has 1 fully saturated rings. The summed E-state index contributed by atoms with van der Waals surface area (Å²) in [5.41, 5.74) is 0.638. The summed E-state index contributed by atoms with van der Waals surface area (Å²) in [6.45, 7) is 7.06. The lowest BCUT2D eigenvalue weighted by molar-refractivity contribution is 0.0517. The molecule has 0 aliphatic heterocycles. The molecule has 1 aromatic heterocycles. The van der Waals surface area contributed by atoms with Gasteiger partial charge in [-0.3, -0.25) is 5.10 Å². The third-order valence-electron chi connectivity index (χ3n) is 3.68. The molecule has 2 unspecified atom stereocenters. The van der Waals surface area contributed by atoms with E-state index < -0.39 is 5.60 Å². The van der Waals surface area contributed by atoms with Crippen LogP contribution in [0.15, 0.2) is 12.3 Å². The van der Waals surface area contributed by atoms with E-state index in [-0.39, 0.29) is 6.09 Å². The van der Waals surface area contributed by atoms with Gasteiger partial charge in [0.05, 0.1) is 0 Å². The van der Waals surface area contributed by atoms with Crippen molar-refractivity contribution in [2.24, 2.45) is 5.92 Å². The first kappa shape index (κ1) is 15.8. The monoisotopic (exact) mass is 294 g/mol. The van der Waals surface area contributed by atoms with Crippen LogP contribution in [0.25, 0.3) is 0 Å². The second-order valence-electron chi connectivity index (χ2n) is 6.64. The van der Waals surface area contributed by atoms with Crippen LogP contribution >= 0.6 is 0 Å². The highest BCUT2D eigenvalue weighted by atomic mass is 16.6. The molecule has 0 spiro atoms. The molecule has 0 aromatic carbocycles. The third-order valence-corrected chi connectivity index (χ3v) is 3.68. The Bertz CT molecular complexity index is 439. The van der Waals surface area contributed by atoms with Gasteiger partial charge < -0.3 is 15.4 Å². The van der Waals surface area contributed by atoms with E-state index in [1.807, 2.05) is 26.8 Å². The SMILES string of the molecule is CC(C)(C)OC(=O)NCC1CCCC1NCc1ccn[nH]1. The number of ether oxygens (including phenoxy) is 1. The van der Waals surface area contributed by atoms with E-state index in [1.165, 1.54) is 6.42 Å². The van der Waals surface area contributed by atoms with Crippen molar-refractivity contribution >= 4 is 6.09 Å². The Morgan fingerprint density at radius 2 is 2.29 bits per heavy atom. The maximum Gasteiger partial charge on any atom is 0.407 e. The van der Waals surface area contributed by atoms with Crippen LogP contribution in [0, 0.1) is 5.92 Å². The van der Waals surface area contributed by atoms with Gasteiger partial charge in [-0.15, -0.1) is 0 Å². The molecule has 1 heterocycles. The van der Waals surface area contributed by atoms with Gasteiger partial charge in [-0.05, 0) is 45.6 Å². The van der Waals surface area contributed by atoms with E-state index >= 15 is 0 Å². The van der Waals surface area contributed by atoms with Crippen molar-refractivity contribution in [3.8, 4) is 0 Å². The zero-order chi connectivity index (χ0) is 15.3. The number of rotatable bonds is 5. The van der Waals surface area contributed by atoms with Crippen molar-refractivity contribution < 1.29 is 9.53 Å². The molecule has 1 amide bonds. The number of nitrogens with zero attached hydrogens (tertiary/aromatic N) is 1. The smallest absolute Gasteiger partial charge is 0.407 e. The van der Waals surface area contributed by atoms with Crippen LogP contribution in [0.3, 0.4) is 0 Å². The molecule has 2 rings (SSSR count). The zero-order valence-electron chi connectivity index (χ0n) is 13.1. The first-order valence-electron chi connectivity index (χ1n) is 7.62.